The average Bonchev–Trinajstić information content (AvgIpc) is 3.11. The lowest BCUT2D eigenvalue weighted by Gasteiger charge is -2.10. The summed E-state index contributed by atoms with van der Waals surface area (Å²) in [6, 6.07) is 8.81. The highest BCUT2D eigenvalue weighted by Gasteiger charge is 2.22. The smallest absolute Gasteiger partial charge is 0.277 e. The highest BCUT2D eigenvalue weighted by Crippen LogP contribution is 2.37. The lowest BCUT2D eigenvalue weighted by atomic mass is 10.1. The monoisotopic (exact) mass is 360 g/mol. The Labute approximate surface area is 150 Å². The number of nitro benzene ring substituents is 1. The van der Waals surface area contributed by atoms with Crippen LogP contribution in [0.2, 0.25) is 0 Å². The molecule has 2 aromatic rings. The summed E-state index contributed by atoms with van der Waals surface area (Å²) in [7, 11) is 3.19. The summed E-state index contributed by atoms with van der Waals surface area (Å²) >= 11 is 0. The maximum atomic E-state index is 11.3. The Bertz CT molecular complexity index is 809. The average molecular weight is 360 g/mol. The van der Waals surface area contributed by atoms with Crippen LogP contribution in [-0.2, 0) is 13.0 Å². The van der Waals surface area contributed by atoms with E-state index in [2.05, 4.69) is 5.32 Å². The van der Waals surface area contributed by atoms with Crippen LogP contribution in [-0.4, -0.2) is 32.5 Å². The zero-order chi connectivity index (χ0) is 18.5. The highest BCUT2D eigenvalue weighted by atomic mass is 16.7. The number of ether oxygens (including phenoxy) is 4. The Hall–Kier alpha value is -3.00. The first-order valence-electron chi connectivity index (χ1n) is 8.11. The van der Waals surface area contributed by atoms with Crippen LogP contribution in [0.15, 0.2) is 30.3 Å². The fourth-order valence-electron chi connectivity index (χ4n) is 2.78. The quantitative estimate of drug-likeness (QED) is 0.439. The minimum Gasteiger partial charge on any atom is -0.493 e. The molecule has 1 heterocycles. The predicted molar refractivity (Wildman–Crippen MR) is 94.2 cm³/mol. The van der Waals surface area contributed by atoms with Crippen molar-refractivity contribution in [3.05, 3.63) is 51.6 Å². The van der Waals surface area contributed by atoms with Crippen molar-refractivity contribution in [3.8, 4) is 23.0 Å². The van der Waals surface area contributed by atoms with Gasteiger partial charge in [-0.15, -0.1) is 0 Å². The van der Waals surface area contributed by atoms with E-state index in [1.807, 2.05) is 18.2 Å². The van der Waals surface area contributed by atoms with Gasteiger partial charge in [0.2, 0.25) is 6.79 Å². The number of hydrogen-bond acceptors (Lipinski definition) is 7. The summed E-state index contributed by atoms with van der Waals surface area (Å²) in [6.45, 7) is 1.10. The van der Waals surface area contributed by atoms with Crippen LogP contribution in [0.5, 0.6) is 23.0 Å². The van der Waals surface area contributed by atoms with E-state index in [1.54, 1.807) is 20.3 Å². The van der Waals surface area contributed by atoms with Crippen LogP contribution < -0.4 is 24.3 Å². The van der Waals surface area contributed by atoms with Crippen molar-refractivity contribution >= 4 is 5.69 Å². The Balaban J connectivity index is 1.61. The van der Waals surface area contributed by atoms with Gasteiger partial charge in [-0.25, -0.2) is 0 Å². The molecule has 26 heavy (non-hydrogen) atoms. The van der Waals surface area contributed by atoms with Gasteiger partial charge in [-0.3, -0.25) is 10.1 Å². The first-order chi connectivity index (χ1) is 12.6. The Kier molecular flexibility index (Phi) is 5.43. The zero-order valence-electron chi connectivity index (χ0n) is 14.6. The van der Waals surface area contributed by atoms with Crippen molar-refractivity contribution in [1.29, 1.82) is 0 Å². The summed E-state index contributed by atoms with van der Waals surface area (Å²) in [4.78, 5) is 10.9. The number of benzene rings is 2. The van der Waals surface area contributed by atoms with Crippen molar-refractivity contribution in [2.45, 2.75) is 13.0 Å². The number of hydrogen-bond donors (Lipinski definition) is 1. The number of methoxy groups -OCH3 is 2. The van der Waals surface area contributed by atoms with E-state index in [9.17, 15) is 10.1 Å². The highest BCUT2D eigenvalue weighted by molar-refractivity contribution is 5.55. The van der Waals surface area contributed by atoms with Gasteiger partial charge in [0.25, 0.3) is 5.69 Å². The molecule has 0 aromatic heterocycles. The van der Waals surface area contributed by atoms with Crippen LogP contribution in [0, 0.1) is 10.1 Å². The molecule has 1 aliphatic rings. The summed E-state index contributed by atoms with van der Waals surface area (Å²) in [5.41, 5.74) is 1.66. The second kappa shape index (κ2) is 7.92. The standard InChI is InChI=1S/C18H20N2O6/c1-23-15-4-3-12(7-16(15)24-2)5-6-19-10-13-8-17-18(26-11-25-17)9-14(13)20(21)22/h3-4,7-9,19H,5-6,10-11H2,1-2H3. The third-order valence-corrected chi connectivity index (χ3v) is 4.12. The fourth-order valence-corrected chi connectivity index (χ4v) is 2.78. The lowest BCUT2D eigenvalue weighted by Crippen LogP contribution is -2.17. The topological polar surface area (TPSA) is 92.1 Å². The van der Waals surface area contributed by atoms with E-state index in [4.69, 9.17) is 18.9 Å². The number of nitrogens with one attached hydrogen (secondary N) is 1. The molecular formula is C18H20N2O6. The molecular weight excluding hydrogens is 340 g/mol. The fraction of sp³-hybridized carbons (Fsp3) is 0.333. The SMILES string of the molecule is COc1ccc(CCNCc2cc3c(cc2[N+](=O)[O-])OCO3)cc1OC. The van der Waals surface area contributed by atoms with Crippen LogP contribution >= 0.6 is 0 Å². The molecule has 138 valence electrons. The summed E-state index contributed by atoms with van der Waals surface area (Å²) in [5.74, 6) is 2.30. The van der Waals surface area contributed by atoms with Crippen LogP contribution in [0.3, 0.4) is 0 Å². The molecule has 0 amide bonds. The molecule has 0 aliphatic carbocycles. The second-order valence-electron chi connectivity index (χ2n) is 5.71. The minimum absolute atomic E-state index is 0.0212. The van der Waals surface area contributed by atoms with Gasteiger partial charge in [-0.05, 0) is 36.7 Å². The molecule has 1 N–H and O–H groups in total. The third-order valence-electron chi connectivity index (χ3n) is 4.12. The van der Waals surface area contributed by atoms with E-state index in [0.717, 1.165) is 12.0 Å². The molecule has 0 saturated heterocycles. The molecule has 0 bridgehead atoms. The van der Waals surface area contributed by atoms with Crippen molar-refractivity contribution < 1.29 is 23.9 Å². The third kappa shape index (κ3) is 3.80. The summed E-state index contributed by atoms with van der Waals surface area (Å²) in [6.07, 6.45) is 0.749. The van der Waals surface area contributed by atoms with Crippen molar-refractivity contribution in [2.75, 3.05) is 27.6 Å². The van der Waals surface area contributed by atoms with E-state index in [-0.39, 0.29) is 12.5 Å². The Morgan fingerprint density at radius 2 is 1.85 bits per heavy atom. The second-order valence-corrected chi connectivity index (χ2v) is 5.71. The molecule has 8 heteroatoms. The largest absolute Gasteiger partial charge is 0.493 e. The van der Waals surface area contributed by atoms with Gasteiger partial charge in [0.15, 0.2) is 23.0 Å². The van der Waals surface area contributed by atoms with Gasteiger partial charge in [-0.1, -0.05) is 6.07 Å². The van der Waals surface area contributed by atoms with E-state index >= 15 is 0 Å². The molecule has 0 unspecified atom stereocenters. The molecule has 0 atom stereocenters. The van der Waals surface area contributed by atoms with E-state index in [0.29, 0.717) is 41.7 Å². The van der Waals surface area contributed by atoms with Crippen LogP contribution in [0.25, 0.3) is 0 Å². The summed E-state index contributed by atoms with van der Waals surface area (Å²) < 4.78 is 21.0. The summed E-state index contributed by atoms with van der Waals surface area (Å²) in [5, 5.41) is 14.5. The molecule has 3 rings (SSSR count). The Morgan fingerprint density at radius 1 is 1.12 bits per heavy atom. The van der Waals surface area contributed by atoms with Crippen molar-refractivity contribution in [3.63, 3.8) is 0 Å². The van der Waals surface area contributed by atoms with Gasteiger partial charge >= 0.3 is 0 Å². The first-order valence-corrected chi connectivity index (χ1v) is 8.11. The van der Waals surface area contributed by atoms with Gasteiger partial charge in [0.05, 0.1) is 25.2 Å². The normalized spacial score (nSPS) is 12.1. The van der Waals surface area contributed by atoms with Crippen molar-refractivity contribution in [2.24, 2.45) is 0 Å². The molecule has 2 aromatic carbocycles. The van der Waals surface area contributed by atoms with Gasteiger partial charge in [0.1, 0.15) is 0 Å². The van der Waals surface area contributed by atoms with Crippen LogP contribution in [0.4, 0.5) is 5.69 Å². The maximum absolute atomic E-state index is 11.3. The minimum atomic E-state index is -0.409. The molecule has 0 radical (unpaired) electrons. The molecule has 0 fully saturated rings. The number of nitrogens with zero attached hydrogens (tertiary/aromatic N) is 1. The van der Waals surface area contributed by atoms with Crippen LogP contribution in [0.1, 0.15) is 11.1 Å². The molecule has 0 spiro atoms. The number of rotatable bonds is 8. The lowest BCUT2D eigenvalue weighted by molar-refractivity contribution is -0.385. The first kappa shape index (κ1) is 17.8. The zero-order valence-corrected chi connectivity index (χ0v) is 14.6. The Morgan fingerprint density at radius 3 is 2.54 bits per heavy atom. The number of nitro groups is 1. The molecule has 0 saturated carbocycles. The van der Waals surface area contributed by atoms with Gasteiger partial charge in [-0.2, -0.15) is 0 Å². The number of fused-ring (bicyclic) bond motifs is 1. The van der Waals surface area contributed by atoms with Gasteiger partial charge in [0, 0.05) is 12.1 Å². The maximum Gasteiger partial charge on any atom is 0.277 e. The van der Waals surface area contributed by atoms with Gasteiger partial charge < -0.3 is 24.3 Å². The molecule has 1 aliphatic heterocycles. The van der Waals surface area contributed by atoms with Crippen molar-refractivity contribution in [1.82, 2.24) is 5.32 Å². The molecule has 8 nitrogen and oxygen atoms in total. The predicted octanol–water partition coefficient (Wildman–Crippen LogP) is 2.67. The van der Waals surface area contributed by atoms with E-state index in [1.165, 1.54) is 6.07 Å². The van der Waals surface area contributed by atoms with E-state index < -0.39 is 4.92 Å².